The number of hydrogen-bond acceptors (Lipinski definition) is 3. The molecule has 0 unspecified atom stereocenters. The maximum absolute atomic E-state index is 12.4. The van der Waals surface area contributed by atoms with Gasteiger partial charge in [-0.05, 0) is 39.0 Å². The smallest absolute Gasteiger partial charge is 0.250 e. The molecule has 2 heterocycles. The predicted octanol–water partition coefficient (Wildman–Crippen LogP) is 2.59. The van der Waals surface area contributed by atoms with Crippen LogP contribution in [0.25, 0.3) is 11.0 Å². The van der Waals surface area contributed by atoms with Gasteiger partial charge >= 0.3 is 0 Å². The molecule has 0 radical (unpaired) electrons. The summed E-state index contributed by atoms with van der Waals surface area (Å²) in [5, 5.41) is 2.84. The molecule has 0 fully saturated rings. The number of anilines is 1. The van der Waals surface area contributed by atoms with E-state index >= 15 is 0 Å². The molecular formula is C18H20N4O2. The second kappa shape index (κ2) is 5.96. The van der Waals surface area contributed by atoms with Gasteiger partial charge < -0.3 is 9.13 Å². The van der Waals surface area contributed by atoms with Crippen molar-refractivity contribution in [2.45, 2.75) is 32.9 Å². The zero-order valence-electron chi connectivity index (χ0n) is 14.0. The molecule has 1 N–H and O–H groups in total. The number of aromatic nitrogens is 3. The minimum absolute atomic E-state index is 0.0486. The van der Waals surface area contributed by atoms with Crippen molar-refractivity contribution in [3.63, 3.8) is 0 Å². The molecule has 2 aromatic heterocycles. The monoisotopic (exact) mass is 324 g/mol. The van der Waals surface area contributed by atoms with Crippen molar-refractivity contribution in [2.24, 2.45) is 0 Å². The lowest BCUT2D eigenvalue weighted by molar-refractivity contribution is -0.116. The van der Waals surface area contributed by atoms with E-state index in [0.29, 0.717) is 5.95 Å². The summed E-state index contributed by atoms with van der Waals surface area (Å²) in [5.41, 5.74) is 1.32. The molecule has 124 valence electrons. The zero-order valence-corrected chi connectivity index (χ0v) is 14.0. The quantitative estimate of drug-likeness (QED) is 0.805. The molecule has 1 aromatic carbocycles. The highest BCUT2D eigenvalue weighted by Crippen LogP contribution is 2.27. The van der Waals surface area contributed by atoms with Crippen LogP contribution in [-0.4, -0.2) is 20.0 Å². The Morgan fingerprint density at radius 1 is 1.12 bits per heavy atom. The van der Waals surface area contributed by atoms with Gasteiger partial charge in [0, 0.05) is 17.8 Å². The van der Waals surface area contributed by atoms with Gasteiger partial charge in [0.25, 0.3) is 5.56 Å². The second-order valence-electron chi connectivity index (χ2n) is 6.65. The van der Waals surface area contributed by atoms with Crippen molar-refractivity contribution in [3.05, 3.63) is 59.0 Å². The number of imidazole rings is 1. The Hall–Kier alpha value is -2.89. The molecule has 0 saturated carbocycles. The first-order valence-corrected chi connectivity index (χ1v) is 7.79. The lowest BCUT2D eigenvalue weighted by Gasteiger charge is -2.24. The van der Waals surface area contributed by atoms with E-state index in [2.05, 4.69) is 31.1 Å². The van der Waals surface area contributed by atoms with Gasteiger partial charge in [-0.1, -0.05) is 18.2 Å². The van der Waals surface area contributed by atoms with Gasteiger partial charge in [-0.3, -0.25) is 14.9 Å². The van der Waals surface area contributed by atoms with E-state index in [-0.39, 0.29) is 23.6 Å². The van der Waals surface area contributed by atoms with Crippen LogP contribution >= 0.6 is 0 Å². The summed E-state index contributed by atoms with van der Waals surface area (Å²) in [6.07, 6.45) is 1.59. The van der Waals surface area contributed by atoms with Crippen molar-refractivity contribution in [1.29, 1.82) is 0 Å². The minimum Gasteiger partial charge on any atom is -0.306 e. The van der Waals surface area contributed by atoms with E-state index in [9.17, 15) is 9.59 Å². The summed E-state index contributed by atoms with van der Waals surface area (Å²) >= 11 is 0. The molecule has 0 aliphatic carbocycles. The average molecular weight is 324 g/mol. The highest BCUT2D eigenvalue weighted by atomic mass is 16.2. The fourth-order valence-electron chi connectivity index (χ4n) is 2.70. The van der Waals surface area contributed by atoms with Crippen molar-refractivity contribution < 1.29 is 4.79 Å². The number of hydrogen-bond donors (Lipinski definition) is 1. The Balaban J connectivity index is 1.94. The second-order valence-corrected chi connectivity index (χ2v) is 6.65. The Morgan fingerprint density at radius 3 is 2.54 bits per heavy atom. The van der Waals surface area contributed by atoms with Crippen LogP contribution in [0.15, 0.2) is 53.5 Å². The van der Waals surface area contributed by atoms with Crippen molar-refractivity contribution in [1.82, 2.24) is 14.1 Å². The first-order chi connectivity index (χ1) is 11.4. The highest BCUT2D eigenvalue weighted by molar-refractivity contribution is 5.91. The van der Waals surface area contributed by atoms with Crippen LogP contribution in [0.2, 0.25) is 0 Å². The van der Waals surface area contributed by atoms with Gasteiger partial charge in [0.2, 0.25) is 11.9 Å². The van der Waals surface area contributed by atoms with Crippen LogP contribution in [0.4, 0.5) is 5.95 Å². The summed E-state index contributed by atoms with van der Waals surface area (Å²) in [4.78, 5) is 28.6. The van der Waals surface area contributed by atoms with Gasteiger partial charge in [-0.15, -0.1) is 0 Å². The zero-order chi connectivity index (χ0) is 17.3. The van der Waals surface area contributed by atoms with E-state index in [1.807, 2.05) is 28.8 Å². The van der Waals surface area contributed by atoms with Crippen molar-refractivity contribution >= 4 is 22.9 Å². The van der Waals surface area contributed by atoms with E-state index in [1.54, 1.807) is 18.3 Å². The van der Waals surface area contributed by atoms with E-state index < -0.39 is 0 Å². The van der Waals surface area contributed by atoms with E-state index in [0.717, 1.165) is 11.0 Å². The Kier molecular flexibility index (Phi) is 3.97. The van der Waals surface area contributed by atoms with E-state index in [4.69, 9.17) is 0 Å². The standard InChI is InChI=1S/C18H20N4O2/c1-18(2,3)22-14-9-5-4-8-13(14)19-17(22)20-15(23)12-21-11-7-6-10-16(21)24/h4-11H,12H2,1-3H3,(H,19,20,23). The molecule has 0 atom stereocenters. The SMILES string of the molecule is CC(C)(C)n1c(NC(=O)Cn2ccccc2=O)nc2ccccc21. The number of amides is 1. The summed E-state index contributed by atoms with van der Waals surface area (Å²) in [5.74, 6) is 0.196. The van der Waals surface area contributed by atoms with Crippen LogP contribution in [-0.2, 0) is 16.9 Å². The van der Waals surface area contributed by atoms with E-state index in [1.165, 1.54) is 10.6 Å². The molecule has 0 spiro atoms. The van der Waals surface area contributed by atoms with Crippen molar-refractivity contribution in [2.75, 3.05) is 5.32 Å². The largest absolute Gasteiger partial charge is 0.306 e. The molecule has 0 aliphatic heterocycles. The number of fused-ring (bicyclic) bond motifs is 1. The normalized spacial score (nSPS) is 11.6. The maximum Gasteiger partial charge on any atom is 0.250 e. The third-order valence-electron chi connectivity index (χ3n) is 3.70. The fourth-order valence-corrected chi connectivity index (χ4v) is 2.70. The number of benzene rings is 1. The molecule has 24 heavy (non-hydrogen) atoms. The number of nitrogens with zero attached hydrogens (tertiary/aromatic N) is 3. The topological polar surface area (TPSA) is 68.9 Å². The van der Waals surface area contributed by atoms with Gasteiger partial charge in [-0.25, -0.2) is 4.98 Å². The third-order valence-corrected chi connectivity index (χ3v) is 3.70. The molecule has 6 heteroatoms. The molecule has 1 amide bonds. The average Bonchev–Trinajstić information content (AvgIpc) is 2.87. The van der Waals surface area contributed by atoms with Gasteiger partial charge in [0.1, 0.15) is 6.54 Å². The maximum atomic E-state index is 12.4. The van der Waals surface area contributed by atoms with Gasteiger partial charge in [-0.2, -0.15) is 0 Å². The predicted molar refractivity (Wildman–Crippen MR) is 94.1 cm³/mol. The molecule has 0 saturated heterocycles. The molecule has 6 nitrogen and oxygen atoms in total. The number of pyridine rings is 1. The van der Waals surface area contributed by atoms with Crippen LogP contribution in [0.1, 0.15) is 20.8 Å². The van der Waals surface area contributed by atoms with Gasteiger partial charge in [0.15, 0.2) is 0 Å². The molecular weight excluding hydrogens is 304 g/mol. The summed E-state index contributed by atoms with van der Waals surface area (Å²) in [6.45, 7) is 6.11. The summed E-state index contributed by atoms with van der Waals surface area (Å²) in [7, 11) is 0. The number of para-hydroxylation sites is 2. The molecule has 3 aromatic rings. The molecule has 3 rings (SSSR count). The minimum atomic E-state index is -0.288. The first-order valence-electron chi connectivity index (χ1n) is 7.79. The van der Waals surface area contributed by atoms with Crippen LogP contribution in [0, 0.1) is 0 Å². The van der Waals surface area contributed by atoms with Gasteiger partial charge in [0.05, 0.1) is 11.0 Å². The lowest BCUT2D eigenvalue weighted by Crippen LogP contribution is -2.30. The lowest BCUT2D eigenvalue weighted by atomic mass is 10.1. The van der Waals surface area contributed by atoms with Crippen molar-refractivity contribution in [3.8, 4) is 0 Å². The highest BCUT2D eigenvalue weighted by Gasteiger charge is 2.22. The number of nitrogens with one attached hydrogen (secondary N) is 1. The number of carbonyl (C=O) groups is 1. The summed E-state index contributed by atoms with van der Waals surface area (Å²) in [6, 6.07) is 12.5. The molecule has 0 bridgehead atoms. The first kappa shape index (κ1) is 16.0. The number of carbonyl (C=O) groups excluding carboxylic acids is 1. The number of rotatable bonds is 3. The third kappa shape index (κ3) is 3.08. The van der Waals surface area contributed by atoms with Crippen LogP contribution in [0.5, 0.6) is 0 Å². The van der Waals surface area contributed by atoms with Crippen LogP contribution in [0.3, 0.4) is 0 Å². The summed E-state index contributed by atoms with van der Waals surface area (Å²) < 4.78 is 3.35. The Bertz CT molecular complexity index is 947. The Morgan fingerprint density at radius 2 is 1.83 bits per heavy atom. The van der Waals surface area contributed by atoms with Crippen LogP contribution < -0.4 is 10.9 Å². The fraction of sp³-hybridized carbons (Fsp3) is 0.278. The molecule has 0 aliphatic rings. The Labute approximate surface area is 139 Å².